The Morgan fingerprint density at radius 2 is 2.00 bits per heavy atom. The zero-order chi connectivity index (χ0) is 15.4. The fourth-order valence-electron chi connectivity index (χ4n) is 1.96. The Bertz CT molecular complexity index is 705. The van der Waals surface area contributed by atoms with Crippen molar-refractivity contribution in [3.05, 3.63) is 46.2 Å². The summed E-state index contributed by atoms with van der Waals surface area (Å²) in [5, 5.41) is 6.75. The first-order valence-corrected chi connectivity index (χ1v) is 6.59. The molecule has 6 nitrogen and oxygen atoms in total. The molecule has 21 heavy (non-hydrogen) atoms. The predicted octanol–water partition coefficient (Wildman–Crippen LogP) is 1.30. The van der Waals surface area contributed by atoms with Gasteiger partial charge in [-0.1, -0.05) is 0 Å². The second-order valence-electron chi connectivity index (χ2n) is 4.37. The SMILES string of the molecule is CCn1nc(-c2ccc(OC)cc2)cc(C(=O)NC)c1=O. The molecule has 1 N–H and O–H groups in total. The van der Waals surface area contributed by atoms with E-state index in [-0.39, 0.29) is 5.56 Å². The van der Waals surface area contributed by atoms with Gasteiger partial charge in [0.2, 0.25) is 0 Å². The minimum absolute atomic E-state index is 0.0835. The summed E-state index contributed by atoms with van der Waals surface area (Å²) in [4.78, 5) is 23.9. The van der Waals surface area contributed by atoms with Crippen molar-refractivity contribution >= 4 is 5.91 Å². The topological polar surface area (TPSA) is 73.2 Å². The maximum absolute atomic E-state index is 12.1. The molecule has 0 bridgehead atoms. The van der Waals surface area contributed by atoms with Crippen molar-refractivity contribution in [2.24, 2.45) is 0 Å². The second kappa shape index (κ2) is 6.21. The number of amides is 1. The Labute approximate surface area is 122 Å². The molecule has 0 spiro atoms. The molecule has 0 saturated carbocycles. The fourth-order valence-corrected chi connectivity index (χ4v) is 1.96. The number of nitrogens with one attached hydrogen (secondary N) is 1. The summed E-state index contributed by atoms with van der Waals surface area (Å²) >= 11 is 0. The van der Waals surface area contributed by atoms with Crippen molar-refractivity contribution in [2.75, 3.05) is 14.2 Å². The Hall–Kier alpha value is -2.63. The fraction of sp³-hybridized carbons (Fsp3) is 0.267. The lowest BCUT2D eigenvalue weighted by Crippen LogP contribution is -2.32. The van der Waals surface area contributed by atoms with Gasteiger partial charge >= 0.3 is 0 Å². The maximum Gasteiger partial charge on any atom is 0.279 e. The Morgan fingerprint density at radius 3 is 2.52 bits per heavy atom. The number of rotatable bonds is 4. The third-order valence-electron chi connectivity index (χ3n) is 3.13. The zero-order valence-electron chi connectivity index (χ0n) is 12.2. The molecule has 110 valence electrons. The molecule has 0 saturated heterocycles. The normalized spacial score (nSPS) is 10.2. The van der Waals surface area contributed by atoms with Gasteiger partial charge in [0.25, 0.3) is 11.5 Å². The summed E-state index contributed by atoms with van der Waals surface area (Å²) in [6.07, 6.45) is 0. The first kappa shape index (κ1) is 14.8. The maximum atomic E-state index is 12.1. The van der Waals surface area contributed by atoms with E-state index in [2.05, 4.69) is 10.4 Å². The smallest absolute Gasteiger partial charge is 0.279 e. The Morgan fingerprint density at radius 1 is 1.33 bits per heavy atom. The zero-order valence-corrected chi connectivity index (χ0v) is 12.2. The first-order chi connectivity index (χ1) is 10.1. The number of hydrogen-bond acceptors (Lipinski definition) is 4. The summed E-state index contributed by atoms with van der Waals surface area (Å²) in [6, 6.07) is 8.78. The molecule has 1 aromatic carbocycles. The number of nitrogens with zero attached hydrogens (tertiary/aromatic N) is 2. The van der Waals surface area contributed by atoms with Crippen LogP contribution in [0.3, 0.4) is 0 Å². The van der Waals surface area contributed by atoms with E-state index in [4.69, 9.17) is 4.74 Å². The van der Waals surface area contributed by atoms with Crippen LogP contribution < -0.4 is 15.6 Å². The van der Waals surface area contributed by atoms with Crippen molar-refractivity contribution in [2.45, 2.75) is 13.5 Å². The van der Waals surface area contributed by atoms with Crippen LogP contribution in [0.15, 0.2) is 35.1 Å². The first-order valence-electron chi connectivity index (χ1n) is 6.59. The monoisotopic (exact) mass is 287 g/mol. The third-order valence-corrected chi connectivity index (χ3v) is 3.13. The van der Waals surface area contributed by atoms with Crippen molar-refractivity contribution in [3.8, 4) is 17.0 Å². The molecular weight excluding hydrogens is 270 g/mol. The van der Waals surface area contributed by atoms with Gasteiger partial charge in [0.05, 0.1) is 12.8 Å². The van der Waals surface area contributed by atoms with Crippen LogP contribution in [0.1, 0.15) is 17.3 Å². The van der Waals surface area contributed by atoms with Crippen LogP contribution >= 0.6 is 0 Å². The van der Waals surface area contributed by atoms with Crippen LogP contribution in [-0.4, -0.2) is 29.8 Å². The number of hydrogen-bond donors (Lipinski definition) is 1. The van der Waals surface area contributed by atoms with Gasteiger partial charge < -0.3 is 10.1 Å². The third kappa shape index (κ3) is 2.94. The lowest BCUT2D eigenvalue weighted by molar-refractivity contribution is 0.0960. The van der Waals surface area contributed by atoms with E-state index in [1.807, 2.05) is 12.1 Å². The number of carbonyl (C=O) groups excluding carboxylic acids is 1. The van der Waals surface area contributed by atoms with Gasteiger partial charge in [-0.05, 0) is 37.3 Å². The van der Waals surface area contributed by atoms with Crippen molar-refractivity contribution in [1.29, 1.82) is 0 Å². The van der Waals surface area contributed by atoms with Crippen molar-refractivity contribution < 1.29 is 9.53 Å². The number of aryl methyl sites for hydroxylation is 1. The van der Waals surface area contributed by atoms with Gasteiger partial charge in [-0.25, -0.2) is 4.68 Å². The van der Waals surface area contributed by atoms with Gasteiger partial charge in [0.15, 0.2) is 0 Å². The number of aromatic nitrogens is 2. The van der Waals surface area contributed by atoms with E-state index >= 15 is 0 Å². The summed E-state index contributed by atoms with van der Waals surface area (Å²) in [6.45, 7) is 2.20. The molecule has 0 atom stereocenters. The highest BCUT2D eigenvalue weighted by Crippen LogP contribution is 2.20. The van der Waals surface area contributed by atoms with Gasteiger partial charge in [-0.3, -0.25) is 9.59 Å². The van der Waals surface area contributed by atoms with Crippen LogP contribution in [0.2, 0.25) is 0 Å². The molecule has 1 amide bonds. The van der Waals surface area contributed by atoms with Crippen LogP contribution in [0, 0.1) is 0 Å². The van der Waals surface area contributed by atoms with Crippen LogP contribution in [0.4, 0.5) is 0 Å². The van der Waals surface area contributed by atoms with Crippen molar-refractivity contribution in [3.63, 3.8) is 0 Å². The highest BCUT2D eigenvalue weighted by atomic mass is 16.5. The summed E-state index contributed by atoms with van der Waals surface area (Å²) < 4.78 is 6.39. The molecular formula is C15H17N3O3. The van der Waals surface area contributed by atoms with Gasteiger partial charge in [0.1, 0.15) is 11.3 Å². The molecule has 1 aromatic heterocycles. The molecule has 6 heteroatoms. The molecule has 2 aromatic rings. The highest BCUT2D eigenvalue weighted by molar-refractivity contribution is 5.94. The quantitative estimate of drug-likeness (QED) is 0.920. The van der Waals surface area contributed by atoms with Gasteiger partial charge in [0, 0.05) is 19.2 Å². The van der Waals surface area contributed by atoms with E-state index in [0.717, 1.165) is 11.3 Å². The predicted molar refractivity (Wildman–Crippen MR) is 79.5 cm³/mol. The number of ether oxygens (including phenoxy) is 1. The highest BCUT2D eigenvalue weighted by Gasteiger charge is 2.14. The van der Waals surface area contributed by atoms with E-state index < -0.39 is 11.5 Å². The number of benzene rings is 1. The van der Waals surface area contributed by atoms with E-state index in [9.17, 15) is 9.59 Å². The average Bonchev–Trinajstić information content (AvgIpc) is 2.54. The molecule has 2 rings (SSSR count). The van der Waals surface area contributed by atoms with Crippen LogP contribution in [0.25, 0.3) is 11.3 Å². The minimum atomic E-state index is -0.417. The Balaban J connectivity index is 2.57. The van der Waals surface area contributed by atoms with E-state index in [1.54, 1.807) is 26.2 Å². The summed E-state index contributed by atoms with van der Waals surface area (Å²) in [7, 11) is 3.08. The molecule has 0 radical (unpaired) electrons. The van der Waals surface area contributed by atoms with E-state index in [0.29, 0.717) is 12.2 Å². The molecule has 0 aliphatic heterocycles. The lowest BCUT2D eigenvalue weighted by atomic mass is 10.1. The lowest BCUT2D eigenvalue weighted by Gasteiger charge is -2.09. The Kier molecular flexibility index (Phi) is 4.37. The largest absolute Gasteiger partial charge is 0.497 e. The van der Waals surface area contributed by atoms with Gasteiger partial charge in [-0.2, -0.15) is 5.10 Å². The van der Waals surface area contributed by atoms with Crippen LogP contribution in [0.5, 0.6) is 5.75 Å². The minimum Gasteiger partial charge on any atom is -0.497 e. The van der Waals surface area contributed by atoms with Crippen molar-refractivity contribution in [1.82, 2.24) is 15.1 Å². The van der Waals surface area contributed by atoms with Crippen LogP contribution in [-0.2, 0) is 6.54 Å². The average molecular weight is 287 g/mol. The molecule has 0 unspecified atom stereocenters. The molecule has 1 heterocycles. The number of methoxy groups -OCH3 is 1. The standard InChI is InChI=1S/C15H17N3O3/c1-4-18-15(20)12(14(19)16-2)9-13(17-18)10-5-7-11(21-3)8-6-10/h5-9H,4H2,1-3H3,(H,16,19). The summed E-state index contributed by atoms with van der Waals surface area (Å²) in [5.74, 6) is 0.313. The van der Waals surface area contributed by atoms with E-state index in [1.165, 1.54) is 17.8 Å². The summed E-state index contributed by atoms with van der Waals surface area (Å²) in [5.41, 5.74) is 1.06. The van der Waals surface area contributed by atoms with Gasteiger partial charge in [-0.15, -0.1) is 0 Å². The molecule has 0 fully saturated rings. The molecule has 0 aliphatic carbocycles. The number of carbonyl (C=O) groups is 1. The molecule has 0 aliphatic rings. The second-order valence-corrected chi connectivity index (χ2v) is 4.37.